The fraction of sp³-hybridized carbons (Fsp3) is 0.929. The van der Waals surface area contributed by atoms with Crippen molar-refractivity contribution >= 4 is 38.5 Å². The van der Waals surface area contributed by atoms with Gasteiger partial charge in [0.25, 0.3) is 0 Å². The lowest BCUT2D eigenvalue weighted by molar-refractivity contribution is -0.385. The Balaban J connectivity index is 1.28. The SMILES string of the molecule is CC(=O)N[C@@H]1[C@@H](O)[C@H](O[C@@H]2O[C@H](CO)[C@H](O)[C@H](O[C@@H]3O[C@H](CO)[C@@H](O[C@@H]4O[C@H](COS(=O)(=O)[O-])[C@H](O)[C@H](O[C@@H]5O[C@H](COS(=O)(=O)[O-])[C@@H](O[C@@H]6O[C@H](CO)[C@H](O)[C@H](O)[C@H]6O)[C@H](O)[C@H]5NC(C)=O)[C@H]4O)[C@H](O)[C@H]3NC(C)=O)[C@H]2O)[C@@H](CO)O[C@H]1O. The van der Waals surface area contributed by atoms with Crippen molar-refractivity contribution in [3.05, 3.63) is 0 Å². The van der Waals surface area contributed by atoms with Gasteiger partial charge in [0.15, 0.2) is 37.7 Å². The molecule has 6 fully saturated rings. The lowest BCUT2D eigenvalue weighted by atomic mass is 9.93. The van der Waals surface area contributed by atoms with Crippen LogP contribution >= 0.6 is 0 Å². The van der Waals surface area contributed by atoms with Gasteiger partial charge in [0, 0.05) is 20.8 Å². The van der Waals surface area contributed by atoms with Crippen LogP contribution in [-0.2, 0) is 95.7 Å². The van der Waals surface area contributed by atoms with Crippen LogP contribution < -0.4 is 16.0 Å². The van der Waals surface area contributed by atoms with Gasteiger partial charge in [0.05, 0.1) is 39.6 Å². The lowest BCUT2D eigenvalue weighted by Crippen LogP contribution is -2.71. The minimum absolute atomic E-state index is 0.756. The molecule has 0 radical (unpaired) electrons. The summed E-state index contributed by atoms with van der Waals surface area (Å²) < 4.78 is 141. The Labute approximate surface area is 475 Å². The van der Waals surface area contributed by atoms with Crippen molar-refractivity contribution in [1.29, 1.82) is 0 Å². The molecule has 40 nitrogen and oxygen atoms in total. The van der Waals surface area contributed by atoms with Gasteiger partial charge in [-0.05, 0) is 0 Å². The Hall–Kier alpha value is -2.89. The van der Waals surface area contributed by atoms with Crippen molar-refractivity contribution in [2.24, 2.45) is 0 Å². The zero-order chi connectivity index (χ0) is 62.6. The molecule has 30 atom stereocenters. The summed E-state index contributed by atoms with van der Waals surface area (Å²) >= 11 is 0. The van der Waals surface area contributed by atoms with Gasteiger partial charge >= 0.3 is 0 Å². The molecule has 0 aliphatic carbocycles. The third kappa shape index (κ3) is 16.9. The molecule has 6 saturated heterocycles. The Morgan fingerprint density at radius 2 is 0.679 bits per heavy atom. The molecule has 6 aliphatic rings. The third-order valence-electron chi connectivity index (χ3n) is 14.0. The molecule has 18 N–H and O–H groups in total. The summed E-state index contributed by atoms with van der Waals surface area (Å²) in [4.78, 5) is 37.2. The van der Waals surface area contributed by atoms with Gasteiger partial charge in [-0.2, -0.15) is 0 Å². The molecule has 0 saturated carbocycles. The van der Waals surface area contributed by atoms with Crippen molar-refractivity contribution in [3.63, 3.8) is 0 Å². The van der Waals surface area contributed by atoms with E-state index in [0.29, 0.717) is 0 Å². The van der Waals surface area contributed by atoms with Gasteiger partial charge in [-0.25, -0.2) is 16.8 Å². The van der Waals surface area contributed by atoms with Crippen LogP contribution in [0.2, 0.25) is 0 Å². The first-order valence-corrected chi connectivity index (χ1v) is 28.0. The van der Waals surface area contributed by atoms with Crippen molar-refractivity contribution in [2.75, 3.05) is 39.6 Å². The van der Waals surface area contributed by atoms with E-state index in [1.807, 2.05) is 0 Å². The highest BCUT2D eigenvalue weighted by molar-refractivity contribution is 7.81. The van der Waals surface area contributed by atoms with Crippen LogP contribution in [0.4, 0.5) is 0 Å². The second-order valence-electron chi connectivity index (χ2n) is 20.0. The number of hydrogen-bond acceptors (Lipinski definition) is 37. The van der Waals surface area contributed by atoms with E-state index in [2.05, 4.69) is 24.3 Å². The van der Waals surface area contributed by atoms with Crippen molar-refractivity contribution in [1.82, 2.24) is 16.0 Å². The van der Waals surface area contributed by atoms with Crippen LogP contribution in [0, 0.1) is 0 Å². The van der Waals surface area contributed by atoms with Gasteiger partial charge < -0.3 is 154 Å². The van der Waals surface area contributed by atoms with E-state index in [1.165, 1.54) is 0 Å². The highest BCUT2D eigenvalue weighted by Gasteiger charge is 2.58. The largest absolute Gasteiger partial charge is 0.726 e. The van der Waals surface area contributed by atoms with Crippen LogP contribution in [0.3, 0.4) is 0 Å². The van der Waals surface area contributed by atoms with Crippen molar-refractivity contribution in [2.45, 2.75) is 205 Å². The minimum Gasteiger partial charge on any atom is -0.726 e. The molecular weight excluding hydrogens is 1200 g/mol. The Kier molecular flexibility index (Phi) is 24.8. The number of carbonyl (C=O) groups is 3. The first-order valence-electron chi connectivity index (χ1n) is 25.4. The van der Waals surface area contributed by atoms with Crippen LogP contribution in [-0.4, -0.2) is 344 Å². The van der Waals surface area contributed by atoms with Gasteiger partial charge in [-0.3, -0.25) is 22.7 Å². The topological polar surface area (TPSA) is 625 Å². The standard InChI is InChI=1S/C42H71N3O37S2/c1-10(50)43-19-25(56)32(15(6-48)72-37(19)63)78-41-30(61)35(23(54)14(5-47)74-41)81-38-20(44-11(2)51)26(57)33(16(7-49)75-38)79-42-31(62)36(24(55)17(76-42)8-70-83(64,65)66)82-39-21(45-12(3)52)27(58)34(18(77-39)9-71-84(67,68)69)80-40-29(60)28(59)22(53)13(4-46)73-40/h13-42,46-49,53-63H,4-9H2,1-3H3,(H,43,50)(H,44,51)(H,45,52)(H,64,65,66)(H,67,68,69)/p-2/t13-,14-,15-,16-,17-,18-,19-,20-,21-,22+,23+,24+,25-,26-,27-,28+,29-,30-,31-,32-,33-,34-,35+,36+,37-,38+,39+,40+,41+,42+/m1/s1. The maximum atomic E-state index is 12.7. The molecular formula is C42H69N3O37S2-2. The molecule has 6 heterocycles. The van der Waals surface area contributed by atoms with Gasteiger partial charge in [0.1, 0.15) is 146 Å². The number of aliphatic hydroxyl groups excluding tert-OH is 15. The number of nitrogens with one attached hydrogen (secondary N) is 3. The molecule has 0 spiro atoms. The van der Waals surface area contributed by atoms with E-state index in [4.69, 9.17) is 52.1 Å². The fourth-order valence-electron chi connectivity index (χ4n) is 10.0. The highest BCUT2D eigenvalue weighted by atomic mass is 32.3. The molecule has 6 rings (SSSR count). The van der Waals surface area contributed by atoms with Gasteiger partial charge in [-0.15, -0.1) is 0 Å². The van der Waals surface area contributed by atoms with Gasteiger partial charge in [0.2, 0.25) is 38.5 Å². The third-order valence-corrected chi connectivity index (χ3v) is 14.9. The Bertz CT molecular complexity index is 2390. The summed E-state index contributed by atoms with van der Waals surface area (Å²) in [5.41, 5.74) is 0. The molecule has 0 aromatic heterocycles. The van der Waals surface area contributed by atoms with E-state index >= 15 is 0 Å². The Morgan fingerprint density at radius 1 is 0.369 bits per heavy atom. The monoisotopic (exact) mass is 1270 g/mol. The molecule has 42 heteroatoms. The summed E-state index contributed by atoms with van der Waals surface area (Å²) in [5.74, 6) is -2.75. The predicted molar refractivity (Wildman–Crippen MR) is 251 cm³/mol. The van der Waals surface area contributed by atoms with E-state index in [9.17, 15) is 117 Å². The quantitative estimate of drug-likeness (QED) is 0.0334. The summed E-state index contributed by atoms with van der Waals surface area (Å²) in [6, 6.07) is -5.61. The van der Waals surface area contributed by atoms with Crippen molar-refractivity contribution in [3.8, 4) is 0 Å². The molecule has 84 heavy (non-hydrogen) atoms. The van der Waals surface area contributed by atoms with E-state index in [0.717, 1.165) is 20.8 Å². The minimum atomic E-state index is -5.66. The zero-order valence-corrected chi connectivity index (χ0v) is 45.7. The maximum absolute atomic E-state index is 12.7. The molecule has 0 aromatic rings. The molecule has 0 bridgehead atoms. The number of aliphatic hydroxyl groups is 15. The number of hydrogen-bond donors (Lipinski definition) is 18. The van der Waals surface area contributed by atoms with Crippen molar-refractivity contribution < 1.29 is 177 Å². The first kappa shape index (κ1) is 70.2. The fourth-order valence-corrected chi connectivity index (χ4v) is 10.6. The average Bonchev–Trinajstić information content (AvgIpc) is 1.73. The number of ether oxygens (including phenoxy) is 11. The summed E-state index contributed by atoms with van der Waals surface area (Å²) in [6.45, 7) is -4.29. The average molecular weight is 1270 g/mol. The number of carbonyl (C=O) groups excluding carboxylic acids is 3. The van der Waals surface area contributed by atoms with Crippen LogP contribution in [0.5, 0.6) is 0 Å². The maximum Gasteiger partial charge on any atom is 0.217 e. The molecule has 3 amide bonds. The van der Waals surface area contributed by atoms with E-state index in [-0.39, 0.29) is 0 Å². The second kappa shape index (κ2) is 29.6. The van der Waals surface area contributed by atoms with E-state index in [1.54, 1.807) is 0 Å². The smallest absolute Gasteiger partial charge is 0.217 e. The Morgan fingerprint density at radius 3 is 1.10 bits per heavy atom. The zero-order valence-electron chi connectivity index (χ0n) is 44.1. The number of amides is 3. The van der Waals surface area contributed by atoms with Crippen LogP contribution in [0.15, 0.2) is 0 Å². The summed E-state index contributed by atoms with van der Waals surface area (Å²) in [5, 5.41) is 170. The number of rotatable bonds is 23. The molecule has 0 unspecified atom stereocenters. The normalized spacial score (nSPS) is 45.1. The molecule has 6 aliphatic heterocycles. The lowest BCUT2D eigenvalue weighted by Gasteiger charge is -2.51. The second-order valence-corrected chi connectivity index (χ2v) is 22.1. The van der Waals surface area contributed by atoms with E-state index < -0.39 is 262 Å². The van der Waals surface area contributed by atoms with Gasteiger partial charge in [-0.1, -0.05) is 0 Å². The summed E-state index contributed by atoms with van der Waals surface area (Å²) in [7, 11) is -11.3. The highest BCUT2D eigenvalue weighted by Crippen LogP contribution is 2.37. The molecule has 488 valence electrons. The predicted octanol–water partition coefficient (Wildman–Crippen LogP) is -14.7. The summed E-state index contributed by atoms with van der Waals surface area (Å²) in [6.07, 6.45) is -56.9. The van der Waals surface area contributed by atoms with Crippen LogP contribution in [0.25, 0.3) is 0 Å². The first-order chi connectivity index (χ1) is 39.2. The molecule has 0 aromatic carbocycles. The van der Waals surface area contributed by atoms with Crippen LogP contribution in [0.1, 0.15) is 20.8 Å².